The van der Waals surface area contributed by atoms with E-state index in [1.165, 1.54) is 29.3 Å². The molecule has 1 fully saturated rings. The van der Waals surface area contributed by atoms with Crippen LogP contribution in [0.25, 0.3) is 0 Å². The first-order valence-electron chi connectivity index (χ1n) is 12.4. The highest BCUT2D eigenvalue weighted by Crippen LogP contribution is 2.18. The van der Waals surface area contributed by atoms with Crippen molar-refractivity contribution in [2.45, 2.75) is 71.4 Å². The Morgan fingerprint density at radius 2 is 1.82 bits per heavy atom. The van der Waals surface area contributed by atoms with E-state index in [2.05, 4.69) is 22.5 Å². The molecule has 1 aromatic rings. The van der Waals surface area contributed by atoms with Crippen molar-refractivity contribution in [3.8, 4) is 0 Å². The van der Waals surface area contributed by atoms with Crippen LogP contribution in [0.15, 0.2) is 29.2 Å². The van der Waals surface area contributed by atoms with Crippen LogP contribution in [0.4, 0.5) is 0 Å². The van der Waals surface area contributed by atoms with Gasteiger partial charge in [0.05, 0.1) is 4.90 Å². The van der Waals surface area contributed by atoms with Gasteiger partial charge in [0.2, 0.25) is 15.9 Å². The summed E-state index contributed by atoms with van der Waals surface area (Å²) >= 11 is 0. The van der Waals surface area contributed by atoms with E-state index in [4.69, 9.17) is 0 Å². The molecule has 0 aliphatic carbocycles. The molecule has 3 atom stereocenters. The molecule has 8 nitrogen and oxygen atoms in total. The van der Waals surface area contributed by atoms with Crippen LogP contribution >= 0.6 is 0 Å². The Morgan fingerprint density at radius 3 is 2.41 bits per heavy atom. The molecular formula is C25H42N4O4S. The second-order valence-electron chi connectivity index (χ2n) is 9.73. The first-order valence-corrected chi connectivity index (χ1v) is 13.9. The lowest BCUT2D eigenvalue weighted by Crippen LogP contribution is -2.53. The Kier molecular flexibility index (Phi) is 10.5. The summed E-state index contributed by atoms with van der Waals surface area (Å²) in [4.78, 5) is 28.4. The first kappa shape index (κ1) is 28.3. The molecule has 2 rings (SSSR count). The summed E-state index contributed by atoms with van der Waals surface area (Å²) in [6, 6.07) is 5.21. The summed E-state index contributed by atoms with van der Waals surface area (Å²) in [6.07, 6.45) is 2.42. The van der Waals surface area contributed by atoms with Crippen LogP contribution in [-0.4, -0.2) is 74.2 Å². The number of sulfonamides is 1. The number of hydrogen-bond acceptors (Lipinski definition) is 5. The molecule has 2 N–H and O–H groups in total. The van der Waals surface area contributed by atoms with E-state index < -0.39 is 22.0 Å². The largest absolute Gasteiger partial charge is 0.351 e. The van der Waals surface area contributed by atoms with E-state index in [1.54, 1.807) is 26.0 Å². The normalized spacial score (nSPS) is 19.1. The number of nitrogens with zero attached hydrogens (tertiary/aromatic N) is 2. The standard InChI is InChI=1S/C25H42N4O4S/c1-7-29(8-2)34(32,33)22-13-9-12-21(15-22)24(30)27-23(18(3)4)25(31)26-20(6)17-28-14-10-11-19(5)16-28/h9,12-13,15,18-20,23H,7-8,10-11,14,16-17H2,1-6H3,(H,26,31)(H,27,30). The van der Waals surface area contributed by atoms with Crippen molar-refractivity contribution >= 4 is 21.8 Å². The maximum Gasteiger partial charge on any atom is 0.251 e. The van der Waals surface area contributed by atoms with Crippen molar-refractivity contribution in [2.75, 3.05) is 32.7 Å². The van der Waals surface area contributed by atoms with E-state index in [1.807, 2.05) is 20.8 Å². The van der Waals surface area contributed by atoms with Crippen molar-refractivity contribution in [3.05, 3.63) is 29.8 Å². The zero-order valence-electron chi connectivity index (χ0n) is 21.5. The summed E-state index contributed by atoms with van der Waals surface area (Å²) in [6.45, 7) is 15.1. The minimum Gasteiger partial charge on any atom is -0.351 e. The molecule has 1 aliphatic rings. The van der Waals surface area contributed by atoms with Gasteiger partial charge in [0, 0.05) is 37.8 Å². The molecule has 0 aromatic heterocycles. The van der Waals surface area contributed by atoms with Crippen molar-refractivity contribution in [2.24, 2.45) is 11.8 Å². The highest BCUT2D eigenvalue weighted by atomic mass is 32.2. The van der Waals surface area contributed by atoms with Crippen molar-refractivity contribution < 1.29 is 18.0 Å². The van der Waals surface area contributed by atoms with Gasteiger partial charge in [-0.1, -0.05) is 40.7 Å². The number of amides is 2. The zero-order chi connectivity index (χ0) is 25.5. The summed E-state index contributed by atoms with van der Waals surface area (Å²) in [5.41, 5.74) is 0.210. The second-order valence-corrected chi connectivity index (χ2v) is 11.7. The third-order valence-electron chi connectivity index (χ3n) is 6.34. The molecule has 0 bridgehead atoms. The number of nitrogens with one attached hydrogen (secondary N) is 2. The third-order valence-corrected chi connectivity index (χ3v) is 8.38. The van der Waals surface area contributed by atoms with Crippen molar-refractivity contribution in [1.29, 1.82) is 0 Å². The van der Waals surface area contributed by atoms with Crippen molar-refractivity contribution in [1.82, 2.24) is 19.8 Å². The molecule has 0 saturated carbocycles. The minimum atomic E-state index is -3.68. The second kappa shape index (κ2) is 12.7. The van der Waals surface area contributed by atoms with Gasteiger partial charge in [0.15, 0.2) is 0 Å². The van der Waals surface area contributed by atoms with Gasteiger partial charge in [0.25, 0.3) is 5.91 Å². The number of likely N-dealkylation sites (tertiary alicyclic amines) is 1. The molecule has 34 heavy (non-hydrogen) atoms. The van der Waals surface area contributed by atoms with Gasteiger partial charge >= 0.3 is 0 Å². The summed E-state index contributed by atoms with van der Waals surface area (Å²) < 4.78 is 27.0. The van der Waals surface area contributed by atoms with Crippen LogP contribution in [-0.2, 0) is 14.8 Å². The Balaban J connectivity index is 2.07. The SMILES string of the molecule is CCN(CC)S(=O)(=O)c1cccc(C(=O)NC(C(=O)NC(C)CN2CCCC(C)C2)C(C)C)c1. The predicted molar refractivity (Wildman–Crippen MR) is 135 cm³/mol. The fourth-order valence-corrected chi connectivity index (χ4v) is 5.99. The predicted octanol–water partition coefficient (Wildman–Crippen LogP) is 2.71. The Hall–Kier alpha value is -1.97. The summed E-state index contributed by atoms with van der Waals surface area (Å²) in [5, 5.41) is 5.86. The number of piperidine rings is 1. The molecule has 0 spiro atoms. The van der Waals surface area contributed by atoms with E-state index in [9.17, 15) is 18.0 Å². The molecule has 1 saturated heterocycles. The lowest BCUT2D eigenvalue weighted by atomic mass is 9.99. The highest BCUT2D eigenvalue weighted by Gasteiger charge is 2.28. The van der Waals surface area contributed by atoms with Gasteiger partial charge in [-0.15, -0.1) is 0 Å². The molecule has 2 amide bonds. The number of carbonyl (C=O) groups is 2. The van der Waals surface area contributed by atoms with Crippen LogP contribution < -0.4 is 10.6 Å². The Labute approximate surface area is 205 Å². The van der Waals surface area contributed by atoms with Crippen LogP contribution in [0, 0.1) is 11.8 Å². The van der Waals surface area contributed by atoms with Gasteiger partial charge in [-0.2, -0.15) is 4.31 Å². The van der Waals surface area contributed by atoms with Gasteiger partial charge in [-0.25, -0.2) is 8.42 Å². The average Bonchev–Trinajstić information content (AvgIpc) is 2.77. The molecule has 1 heterocycles. The van der Waals surface area contributed by atoms with Crippen LogP contribution in [0.3, 0.4) is 0 Å². The smallest absolute Gasteiger partial charge is 0.251 e. The zero-order valence-corrected chi connectivity index (χ0v) is 22.3. The maximum atomic E-state index is 13.0. The van der Waals surface area contributed by atoms with E-state index in [-0.39, 0.29) is 28.3 Å². The van der Waals surface area contributed by atoms with E-state index in [0.717, 1.165) is 19.6 Å². The van der Waals surface area contributed by atoms with Crippen LogP contribution in [0.2, 0.25) is 0 Å². The summed E-state index contributed by atoms with van der Waals surface area (Å²) in [5.74, 6) is -0.162. The fourth-order valence-electron chi connectivity index (χ4n) is 4.49. The van der Waals surface area contributed by atoms with E-state index >= 15 is 0 Å². The molecule has 9 heteroatoms. The third kappa shape index (κ3) is 7.52. The molecule has 0 radical (unpaired) electrons. The number of carbonyl (C=O) groups excluding carboxylic acids is 2. The molecule has 1 aliphatic heterocycles. The maximum absolute atomic E-state index is 13.0. The number of hydrogen-bond donors (Lipinski definition) is 2. The fraction of sp³-hybridized carbons (Fsp3) is 0.680. The number of benzene rings is 1. The van der Waals surface area contributed by atoms with Crippen LogP contribution in [0.1, 0.15) is 64.7 Å². The van der Waals surface area contributed by atoms with Gasteiger partial charge in [0.1, 0.15) is 6.04 Å². The quantitative estimate of drug-likeness (QED) is 0.493. The highest BCUT2D eigenvalue weighted by molar-refractivity contribution is 7.89. The number of rotatable bonds is 11. The summed E-state index contributed by atoms with van der Waals surface area (Å²) in [7, 11) is -3.68. The lowest BCUT2D eigenvalue weighted by Gasteiger charge is -2.33. The Morgan fingerprint density at radius 1 is 1.15 bits per heavy atom. The van der Waals surface area contributed by atoms with Gasteiger partial charge in [-0.05, 0) is 56.3 Å². The Bertz CT molecular complexity index is 931. The molecule has 192 valence electrons. The molecular weight excluding hydrogens is 452 g/mol. The van der Waals surface area contributed by atoms with Gasteiger partial charge in [-0.3, -0.25) is 9.59 Å². The molecule has 3 unspecified atom stereocenters. The van der Waals surface area contributed by atoms with E-state index in [0.29, 0.717) is 19.0 Å². The molecule has 1 aromatic carbocycles. The topological polar surface area (TPSA) is 98.8 Å². The average molecular weight is 495 g/mol. The van der Waals surface area contributed by atoms with Crippen LogP contribution in [0.5, 0.6) is 0 Å². The minimum absolute atomic E-state index is 0.0431. The van der Waals surface area contributed by atoms with Gasteiger partial charge < -0.3 is 15.5 Å². The lowest BCUT2D eigenvalue weighted by molar-refractivity contribution is -0.124. The van der Waals surface area contributed by atoms with Crippen molar-refractivity contribution in [3.63, 3.8) is 0 Å². The monoisotopic (exact) mass is 494 g/mol. The first-order chi connectivity index (χ1) is 16.0.